The van der Waals surface area contributed by atoms with Gasteiger partial charge in [0.15, 0.2) is 5.75 Å². The topological polar surface area (TPSA) is 53.1 Å². The SMILES string of the molecule is CCCn1cc(Oc2ccc(CCN)cc2)cn1. The van der Waals surface area contributed by atoms with Crippen molar-refractivity contribution in [1.82, 2.24) is 9.78 Å². The highest BCUT2D eigenvalue weighted by Crippen LogP contribution is 2.21. The summed E-state index contributed by atoms with van der Waals surface area (Å²) in [6.45, 7) is 3.71. The predicted molar refractivity (Wildman–Crippen MR) is 71.8 cm³/mol. The van der Waals surface area contributed by atoms with Crippen LogP contribution in [0.2, 0.25) is 0 Å². The van der Waals surface area contributed by atoms with Gasteiger partial charge in [0, 0.05) is 6.54 Å². The van der Waals surface area contributed by atoms with Gasteiger partial charge in [-0.25, -0.2) is 0 Å². The molecule has 0 aliphatic carbocycles. The maximum absolute atomic E-state index is 5.72. The highest BCUT2D eigenvalue weighted by molar-refractivity contribution is 5.31. The number of hydrogen-bond acceptors (Lipinski definition) is 3. The van der Waals surface area contributed by atoms with Crippen molar-refractivity contribution in [3.05, 3.63) is 42.2 Å². The number of hydrogen-bond donors (Lipinski definition) is 1. The first kappa shape index (κ1) is 12.6. The summed E-state index contributed by atoms with van der Waals surface area (Å²) in [7, 11) is 0. The largest absolute Gasteiger partial charge is 0.454 e. The molecule has 1 aromatic carbocycles. The van der Waals surface area contributed by atoms with E-state index < -0.39 is 0 Å². The minimum Gasteiger partial charge on any atom is -0.454 e. The first-order valence-corrected chi connectivity index (χ1v) is 6.31. The minimum atomic E-state index is 0.671. The summed E-state index contributed by atoms with van der Waals surface area (Å²) >= 11 is 0. The molecule has 2 aromatic rings. The van der Waals surface area contributed by atoms with E-state index in [0.717, 1.165) is 30.9 Å². The molecule has 1 heterocycles. The average Bonchev–Trinajstić information content (AvgIpc) is 2.80. The molecule has 0 radical (unpaired) electrons. The molecule has 2 rings (SSSR count). The smallest absolute Gasteiger partial charge is 0.165 e. The van der Waals surface area contributed by atoms with Crippen molar-refractivity contribution < 1.29 is 4.74 Å². The molecule has 0 fully saturated rings. The van der Waals surface area contributed by atoms with Gasteiger partial charge in [-0.3, -0.25) is 4.68 Å². The van der Waals surface area contributed by atoms with E-state index in [2.05, 4.69) is 12.0 Å². The zero-order chi connectivity index (χ0) is 12.8. The fourth-order valence-corrected chi connectivity index (χ4v) is 1.78. The number of nitrogens with zero attached hydrogens (tertiary/aromatic N) is 2. The normalized spacial score (nSPS) is 10.6. The fraction of sp³-hybridized carbons (Fsp3) is 0.357. The lowest BCUT2D eigenvalue weighted by Crippen LogP contribution is -2.02. The Bertz CT molecular complexity index is 476. The summed E-state index contributed by atoms with van der Waals surface area (Å²) in [5, 5.41) is 4.22. The molecule has 2 N–H and O–H groups in total. The van der Waals surface area contributed by atoms with Crippen molar-refractivity contribution in [2.75, 3.05) is 6.54 Å². The maximum atomic E-state index is 5.72. The van der Waals surface area contributed by atoms with E-state index in [1.165, 1.54) is 5.56 Å². The molecule has 0 saturated carbocycles. The monoisotopic (exact) mass is 245 g/mol. The van der Waals surface area contributed by atoms with Crippen LogP contribution in [-0.4, -0.2) is 16.3 Å². The van der Waals surface area contributed by atoms with Gasteiger partial charge in [-0.1, -0.05) is 19.1 Å². The zero-order valence-corrected chi connectivity index (χ0v) is 10.7. The van der Waals surface area contributed by atoms with Gasteiger partial charge in [-0.05, 0) is 37.1 Å². The minimum absolute atomic E-state index is 0.671. The highest BCUT2D eigenvalue weighted by atomic mass is 16.5. The molecule has 0 unspecified atom stereocenters. The molecule has 1 aromatic heterocycles. The van der Waals surface area contributed by atoms with Gasteiger partial charge >= 0.3 is 0 Å². The predicted octanol–water partition coefficient (Wildman–Crippen LogP) is 2.59. The molecular weight excluding hydrogens is 226 g/mol. The first-order valence-electron chi connectivity index (χ1n) is 6.31. The number of aromatic nitrogens is 2. The Hall–Kier alpha value is -1.81. The molecule has 96 valence electrons. The van der Waals surface area contributed by atoms with E-state index in [1.54, 1.807) is 6.20 Å². The number of benzene rings is 1. The van der Waals surface area contributed by atoms with Crippen LogP contribution in [0.15, 0.2) is 36.7 Å². The van der Waals surface area contributed by atoms with Crippen molar-refractivity contribution in [2.45, 2.75) is 26.3 Å². The Kier molecular flexibility index (Phi) is 4.36. The van der Waals surface area contributed by atoms with Gasteiger partial charge in [-0.2, -0.15) is 5.10 Å². The van der Waals surface area contributed by atoms with Crippen LogP contribution in [0, 0.1) is 0 Å². The average molecular weight is 245 g/mol. The zero-order valence-electron chi connectivity index (χ0n) is 10.7. The van der Waals surface area contributed by atoms with Gasteiger partial charge < -0.3 is 10.5 Å². The van der Waals surface area contributed by atoms with E-state index in [1.807, 2.05) is 35.1 Å². The highest BCUT2D eigenvalue weighted by Gasteiger charge is 2.01. The second kappa shape index (κ2) is 6.21. The van der Waals surface area contributed by atoms with Crippen LogP contribution in [0.25, 0.3) is 0 Å². The van der Waals surface area contributed by atoms with Gasteiger partial charge in [0.05, 0.1) is 12.4 Å². The van der Waals surface area contributed by atoms with Crippen LogP contribution in [0.1, 0.15) is 18.9 Å². The lowest BCUT2D eigenvalue weighted by atomic mass is 10.1. The number of ether oxygens (including phenoxy) is 1. The fourth-order valence-electron chi connectivity index (χ4n) is 1.78. The van der Waals surface area contributed by atoms with Gasteiger partial charge in [0.2, 0.25) is 0 Å². The quantitative estimate of drug-likeness (QED) is 0.851. The molecule has 0 aliphatic heterocycles. The van der Waals surface area contributed by atoms with Crippen molar-refractivity contribution in [3.8, 4) is 11.5 Å². The Morgan fingerprint density at radius 3 is 2.67 bits per heavy atom. The molecule has 0 atom stereocenters. The molecule has 0 amide bonds. The van der Waals surface area contributed by atoms with E-state index in [-0.39, 0.29) is 0 Å². The Balaban J connectivity index is 1.99. The lowest BCUT2D eigenvalue weighted by Gasteiger charge is -2.04. The number of rotatable bonds is 6. The van der Waals surface area contributed by atoms with Crippen molar-refractivity contribution >= 4 is 0 Å². The Labute approximate surface area is 107 Å². The van der Waals surface area contributed by atoms with Gasteiger partial charge in [0.1, 0.15) is 5.75 Å². The summed E-state index contributed by atoms with van der Waals surface area (Å²) in [5.41, 5.74) is 6.74. The standard InChI is InChI=1S/C14H19N3O/c1-2-9-17-11-14(10-16-17)18-13-5-3-12(4-6-13)7-8-15/h3-6,10-11H,2,7-9,15H2,1H3. The third-order valence-corrected chi connectivity index (χ3v) is 2.65. The molecule has 0 spiro atoms. The van der Waals surface area contributed by atoms with E-state index >= 15 is 0 Å². The first-order chi connectivity index (χ1) is 8.81. The van der Waals surface area contributed by atoms with Crippen molar-refractivity contribution in [3.63, 3.8) is 0 Å². The Morgan fingerprint density at radius 2 is 2.00 bits per heavy atom. The summed E-state index contributed by atoms with van der Waals surface area (Å²) in [4.78, 5) is 0. The van der Waals surface area contributed by atoms with E-state index in [0.29, 0.717) is 6.54 Å². The van der Waals surface area contributed by atoms with Crippen LogP contribution < -0.4 is 10.5 Å². The second-order valence-corrected chi connectivity index (χ2v) is 4.22. The van der Waals surface area contributed by atoms with E-state index in [4.69, 9.17) is 10.5 Å². The van der Waals surface area contributed by atoms with Crippen molar-refractivity contribution in [1.29, 1.82) is 0 Å². The molecule has 18 heavy (non-hydrogen) atoms. The van der Waals surface area contributed by atoms with Crippen LogP contribution >= 0.6 is 0 Å². The van der Waals surface area contributed by atoms with Crippen LogP contribution in [0.5, 0.6) is 11.5 Å². The molecule has 4 nitrogen and oxygen atoms in total. The van der Waals surface area contributed by atoms with Crippen LogP contribution in [-0.2, 0) is 13.0 Å². The number of aryl methyl sites for hydroxylation is 1. The molecule has 0 saturated heterocycles. The van der Waals surface area contributed by atoms with Crippen LogP contribution in [0.3, 0.4) is 0 Å². The second-order valence-electron chi connectivity index (χ2n) is 4.22. The molecule has 0 bridgehead atoms. The van der Waals surface area contributed by atoms with Crippen molar-refractivity contribution in [2.24, 2.45) is 5.73 Å². The summed E-state index contributed by atoms with van der Waals surface area (Å²) in [5.74, 6) is 1.60. The number of nitrogens with two attached hydrogens (primary N) is 1. The summed E-state index contributed by atoms with van der Waals surface area (Å²) < 4.78 is 7.61. The molecule has 4 heteroatoms. The van der Waals surface area contributed by atoms with E-state index in [9.17, 15) is 0 Å². The molecule has 0 aliphatic rings. The van der Waals surface area contributed by atoms with Crippen LogP contribution in [0.4, 0.5) is 0 Å². The summed E-state index contributed by atoms with van der Waals surface area (Å²) in [6, 6.07) is 8.00. The molecular formula is C14H19N3O. The lowest BCUT2D eigenvalue weighted by molar-refractivity contribution is 0.480. The Morgan fingerprint density at radius 1 is 1.22 bits per heavy atom. The summed E-state index contributed by atoms with van der Waals surface area (Å²) in [6.07, 6.45) is 5.62. The van der Waals surface area contributed by atoms with Gasteiger partial charge in [0.25, 0.3) is 0 Å². The van der Waals surface area contributed by atoms with Gasteiger partial charge in [-0.15, -0.1) is 0 Å². The third kappa shape index (κ3) is 3.34. The maximum Gasteiger partial charge on any atom is 0.165 e. The third-order valence-electron chi connectivity index (χ3n) is 2.65.